The molecule has 2 aromatic rings. The van der Waals surface area contributed by atoms with Crippen molar-refractivity contribution in [3.8, 4) is 5.75 Å². The highest BCUT2D eigenvalue weighted by Crippen LogP contribution is 2.31. The van der Waals surface area contributed by atoms with Crippen LogP contribution in [0.2, 0.25) is 0 Å². The Bertz CT molecular complexity index is 916. The van der Waals surface area contributed by atoms with Gasteiger partial charge in [0.2, 0.25) is 0 Å². The van der Waals surface area contributed by atoms with Gasteiger partial charge in [0.15, 0.2) is 6.61 Å². The van der Waals surface area contributed by atoms with Gasteiger partial charge in [-0.2, -0.15) is 0 Å². The van der Waals surface area contributed by atoms with Gasteiger partial charge >= 0.3 is 0 Å². The number of anilines is 1. The molecule has 0 spiro atoms. The number of hydrogen-bond acceptors (Lipinski definition) is 4. The van der Waals surface area contributed by atoms with Crippen LogP contribution in [0.1, 0.15) is 49.5 Å². The van der Waals surface area contributed by atoms with E-state index in [1.807, 2.05) is 18.2 Å². The fourth-order valence-electron chi connectivity index (χ4n) is 3.24. The Hall–Kier alpha value is -2.38. The van der Waals surface area contributed by atoms with Crippen LogP contribution >= 0.6 is 15.9 Å². The highest BCUT2D eigenvalue weighted by atomic mass is 79.9. The molecule has 2 N–H and O–H groups in total. The van der Waals surface area contributed by atoms with Crippen LogP contribution in [-0.2, 0) is 14.9 Å². The van der Waals surface area contributed by atoms with Crippen LogP contribution in [0, 0.1) is 0 Å². The third kappa shape index (κ3) is 6.80. The first-order valence-corrected chi connectivity index (χ1v) is 11.2. The number of benzene rings is 2. The molecule has 0 saturated carbocycles. The SMILES string of the molecule is CC(C)(C)c1ccc(OCC(=O)Nc2ccc(C(=O)NCC3CCCO3)cc2)c(Br)c1. The van der Waals surface area contributed by atoms with E-state index in [2.05, 4.69) is 47.3 Å². The Balaban J connectivity index is 1.47. The lowest BCUT2D eigenvalue weighted by molar-refractivity contribution is -0.118. The van der Waals surface area contributed by atoms with Gasteiger partial charge in [0.1, 0.15) is 5.75 Å². The molecule has 0 aliphatic carbocycles. The first-order valence-electron chi connectivity index (χ1n) is 10.4. The molecule has 1 aliphatic heterocycles. The van der Waals surface area contributed by atoms with Crippen molar-refractivity contribution in [2.75, 3.05) is 25.1 Å². The Morgan fingerprint density at radius 3 is 2.52 bits per heavy atom. The number of halogens is 1. The molecule has 0 bridgehead atoms. The van der Waals surface area contributed by atoms with Crippen molar-refractivity contribution in [1.82, 2.24) is 5.32 Å². The zero-order valence-electron chi connectivity index (χ0n) is 18.2. The van der Waals surface area contributed by atoms with E-state index >= 15 is 0 Å². The summed E-state index contributed by atoms with van der Waals surface area (Å²) in [6.45, 7) is 7.58. The van der Waals surface area contributed by atoms with E-state index in [-0.39, 0.29) is 29.9 Å². The summed E-state index contributed by atoms with van der Waals surface area (Å²) < 4.78 is 12.0. The predicted molar refractivity (Wildman–Crippen MR) is 125 cm³/mol. The van der Waals surface area contributed by atoms with Crippen LogP contribution in [-0.4, -0.2) is 37.7 Å². The second-order valence-corrected chi connectivity index (χ2v) is 9.51. The number of ether oxygens (including phenoxy) is 2. The number of rotatable bonds is 7. The van der Waals surface area contributed by atoms with E-state index in [4.69, 9.17) is 9.47 Å². The minimum absolute atomic E-state index is 0.0335. The van der Waals surface area contributed by atoms with Crippen molar-refractivity contribution >= 4 is 33.4 Å². The lowest BCUT2D eigenvalue weighted by Crippen LogP contribution is -2.31. The summed E-state index contributed by atoms with van der Waals surface area (Å²) in [5, 5.41) is 5.66. The summed E-state index contributed by atoms with van der Waals surface area (Å²) in [5.74, 6) is 0.184. The molecular formula is C24H29BrN2O4. The van der Waals surface area contributed by atoms with Crippen molar-refractivity contribution < 1.29 is 19.1 Å². The standard InChI is InChI=1S/C24H29BrN2O4/c1-24(2,3)17-8-11-21(20(25)13-17)31-15-22(28)27-18-9-6-16(7-10-18)23(29)26-14-19-5-4-12-30-19/h6-11,13,19H,4-5,12,14-15H2,1-3H3,(H,26,29)(H,27,28). The first kappa shape index (κ1) is 23.3. The second kappa shape index (κ2) is 10.3. The summed E-state index contributed by atoms with van der Waals surface area (Å²) in [6, 6.07) is 12.6. The fourth-order valence-corrected chi connectivity index (χ4v) is 3.74. The van der Waals surface area contributed by atoms with Crippen molar-refractivity contribution in [1.29, 1.82) is 0 Å². The van der Waals surface area contributed by atoms with Gasteiger partial charge in [-0.1, -0.05) is 26.8 Å². The maximum Gasteiger partial charge on any atom is 0.262 e. The smallest absolute Gasteiger partial charge is 0.262 e. The molecule has 1 unspecified atom stereocenters. The van der Waals surface area contributed by atoms with Crippen LogP contribution in [0.4, 0.5) is 5.69 Å². The van der Waals surface area contributed by atoms with E-state index in [0.29, 0.717) is 23.5 Å². The van der Waals surface area contributed by atoms with Crippen molar-refractivity contribution in [3.05, 3.63) is 58.1 Å². The minimum atomic E-state index is -0.276. The Kier molecular flexibility index (Phi) is 7.73. The molecule has 2 aromatic carbocycles. The van der Waals surface area contributed by atoms with Crippen molar-refractivity contribution in [2.45, 2.75) is 45.1 Å². The lowest BCUT2D eigenvalue weighted by Gasteiger charge is -2.20. The van der Waals surface area contributed by atoms with Crippen molar-refractivity contribution in [3.63, 3.8) is 0 Å². The third-order valence-electron chi connectivity index (χ3n) is 5.10. The Morgan fingerprint density at radius 1 is 1.16 bits per heavy atom. The van der Waals surface area contributed by atoms with Gasteiger partial charge in [0.05, 0.1) is 10.6 Å². The number of nitrogens with one attached hydrogen (secondary N) is 2. The fraction of sp³-hybridized carbons (Fsp3) is 0.417. The Labute approximate surface area is 191 Å². The number of carbonyl (C=O) groups excluding carboxylic acids is 2. The summed E-state index contributed by atoms with van der Waals surface area (Å²) in [4.78, 5) is 24.5. The van der Waals surface area contributed by atoms with E-state index in [1.165, 1.54) is 5.56 Å². The van der Waals surface area contributed by atoms with E-state index in [1.54, 1.807) is 24.3 Å². The highest BCUT2D eigenvalue weighted by molar-refractivity contribution is 9.10. The second-order valence-electron chi connectivity index (χ2n) is 8.65. The summed E-state index contributed by atoms with van der Waals surface area (Å²) in [5.41, 5.74) is 2.35. The molecule has 6 nitrogen and oxygen atoms in total. The van der Waals surface area contributed by atoms with Crippen LogP contribution in [0.5, 0.6) is 5.75 Å². The molecule has 1 aliphatic rings. The number of carbonyl (C=O) groups is 2. The molecule has 7 heteroatoms. The molecule has 1 atom stereocenters. The maximum atomic E-state index is 12.2. The van der Waals surface area contributed by atoms with Gasteiger partial charge in [-0.3, -0.25) is 9.59 Å². The van der Waals surface area contributed by atoms with Gasteiger partial charge in [0.25, 0.3) is 11.8 Å². The largest absolute Gasteiger partial charge is 0.483 e. The number of hydrogen-bond donors (Lipinski definition) is 2. The monoisotopic (exact) mass is 488 g/mol. The highest BCUT2D eigenvalue weighted by Gasteiger charge is 2.17. The molecule has 166 valence electrons. The molecule has 1 fully saturated rings. The molecule has 0 radical (unpaired) electrons. The normalized spacial score (nSPS) is 16.1. The zero-order chi connectivity index (χ0) is 22.4. The summed E-state index contributed by atoms with van der Waals surface area (Å²) >= 11 is 3.51. The van der Waals surface area contributed by atoms with Crippen molar-refractivity contribution in [2.24, 2.45) is 0 Å². The quantitative estimate of drug-likeness (QED) is 0.593. The molecule has 31 heavy (non-hydrogen) atoms. The van der Waals surface area contributed by atoms with Gasteiger partial charge in [-0.15, -0.1) is 0 Å². The minimum Gasteiger partial charge on any atom is -0.483 e. The molecule has 1 saturated heterocycles. The first-order chi connectivity index (χ1) is 14.7. The molecule has 2 amide bonds. The van der Waals surface area contributed by atoms with Gasteiger partial charge < -0.3 is 20.1 Å². The summed E-state index contributed by atoms with van der Waals surface area (Å²) in [7, 11) is 0. The van der Waals surface area contributed by atoms with E-state index in [0.717, 1.165) is 23.9 Å². The molecular weight excluding hydrogens is 460 g/mol. The van der Waals surface area contributed by atoms with Crippen LogP contribution in [0.15, 0.2) is 46.9 Å². The van der Waals surface area contributed by atoms with Crippen LogP contribution in [0.25, 0.3) is 0 Å². The molecule has 0 aromatic heterocycles. The summed E-state index contributed by atoms with van der Waals surface area (Å²) in [6.07, 6.45) is 2.12. The predicted octanol–water partition coefficient (Wildman–Crippen LogP) is 4.67. The van der Waals surface area contributed by atoms with Gasteiger partial charge in [0, 0.05) is 24.4 Å². The van der Waals surface area contributed by atoms with Gasteiger partial charge in [-0.25, -0.2) is 0 Å². The average molecular weight is 489 g/mol. The van der Waals surface area contributed by atoms with Crippen LogP contribution < -0.4 is 15.4 Å². The van der Waals surface area contributed by atoms with Gasteiger partial charge in [-0.05, 0) is 76.1 Å². The van der Waals surface area contributed by atoms with E-state index < -0.39 is 0 Å². The zero-order valence-corrected chi connectivity index (χ0v) is 19.8. The Morgan fingerprint density at radius 2 is 1.90 bits per heavy atom. The molecule has 1 heterocycles. The number of amides is 2. The maximum absolute atomic E-state index is 12.2. The third-order valence-corrected chi connectivity index (χ3v) is 5.72. The lowest BCUT2D eigenvalue weighted by atomic mass is 9.87. The van der Waals surface area contributed by atoms with E-state index in [9.17, 15) is 9.59 Å². The molecule has 3 rings (SSSR count). The van der Waals surface area contributed by atoms with Crippen LogP contribution in [0.3, 0.4) is 0 Å². The topological polar surface area (TPSA) is 76.7 Å². The average Bonchev–Trinajstić information content (AvgIpc) is 3.24.